The molecule has 0 spiro atoms. The maximum Gasteiger partial charge on any atom is 0.345 e. The van der Waals surface area contributed by atoms with Crippen LogP contribution in [0.3, 0.4) is 0 Å². The number of rotatable bonds is 3. The van der Waals surface area contributed by atoms with Crippen LogP contribution in [-0.4, -0.2) is 22.0 Å². The topological polar surface area (TPSA) is 60.7 Å². The largest absolute Gasteiger partial charge is 0.462 e. The number of esters is 1. The summed E-state index contributed by atoms with van der Waals surface area (Å²) in [5.74, 6) is -0.122. The van der Waals surface area contributed by atoms with Gasteiger partial charge >= 0.3 is 5.97 Å². The summed E-state index contributed by atoms with van der Waals surface area (Å²) in [7, 11) is 0. The highest BCUT2D eigenvalue weighted by Crippen LogP contribution is 2.26. The van der Waals surface area contributed by atoms with E-state index in [-0.39, 0.29) is 11.1 Å². The Hall–Kier alpha value is -2.17. The molecule has 2 aromatic rings. The second-order valence-corrected chi connectivity index (χ2v) is 4.80. The van der Waals surface area contributed by atoms with E-state index in [1.54, 1.807) is 24.4 Å². The van der Waals surface area contributed by atoms with Crippen LogP contribution in [0.2, 0.25) is 0 Å². The van der Waals surface area contributed by atoms with Gasteiger partial charge in [-0.3, -0.25) is 9.20 Å². The average Bonchev–Trinajstić information content (AvgIpc) is 2.37. The van der Waals surface area contributed by atoms with Crippen LogP contribution in [0.4, 0.5) is 0 Å². The summed E-state index contributed by atoms with van der Waals surface area (Å²) >= 11 is 0. The van der Waals surface area contributed by atoms with Crippen LogP contribution in [0.1, 0.15) is 29.6 Å². The van der Waals surface area contributed by atoms with Crippen molar-refractivity contribution in [2.24, 2.45) is 5.92 Å². The summed E-state index contributed by atoms with van der Waals surface area (Å²) in [6.45, 7) is 0.399. The maximum absolute atomic E-state index is 12.1. The van der Waals surface area contributed by atoms with Gasteiger partial charge in [-0.05, 0) is 30.9 Å². The zero-order valence-electron chi connectivity index (χ0n) is 10.4. The minimum atomic E-state index is -0.581. The minimum absolute atomic E-state index is 0.0111. The number of carbonyl (C=O) groups is 1. The molecule has 1 aliphatic carbocycles. The SMILES string of the molecule is O=C(OCC1CCC1)c1cnc2ccccn2c1=O. The molecular weight excluding hydrogens is 244 g/mol. The molecule has 2 aromatic heterocycles. The van der Waals surface area contributed by atoms with Crippen LogP contribution in [0.5, 0.6) is 0 Å². The molecule has 2 heterocycles. The lowest BCUT2D eigenvalue weighted by Gasteiger charge is -2.24. The van der Waals surface area contributed by atoms with E-state index in [4.69, 9.17) is 4.74 Å². The van der Waals surface area contributed by atoms with Crippen molar-refractivity contribution in [3.63, 3.8) is 0 Å². The molecule has 0 radical (unpaired) electrons. The number of pyridine rings is 1. The highest BCUT2D eigenvalue weighted by atomic mass is 16.5. The fourth-order valence-electron chi connectivity index (χ4n) is 2.10. The normalized spacial score (nSPS) is 15.2. The molecular formula is C14H14N2O3. The van der Waals surface area contributed by atoms with Gasteiger partial charge in [0.25, 0.3) is 5.56 Å². The van der Waals surface area contributed by atoms with E-state index in [1.807, 2.05) is 0 Å². The van der Waals surface area contributed by atoms with Gasteiger partial charge in [-0.2, -0.15) is 0 Å². The number of hydrogen-bond donors (Lipinski definition) is 0. The molecule has 3 rings (SSSR count). The minimum Gasteiger partial charge on any atom is -0.462 e. The lowest BCUT2D eigenvalue weighted by atomic mass is 9.86. The first-order chi connectivity index (χ1) is 9.25. The Balaban J connectivity index is 1.85. The van der Waals surface area contributed by atoms with Gasteiger partial charge in [0.15, 0.2) is 0 Å². The smallest absolute Gasteiger partial charge is 0.345 e. The summed E-state index contributed by atoms with van der Waals surface area (Å²) < 4.78 is 6.52. The highest BCUT2D eigenvalue weighted by Gasteiger charge is 2.21. The van der Waals surface area contributed by atoms with Crippen LogP contribution in [0.25, 0.3) is 5.65 Å². The van der Waals surface area contributed by atoms with Crippen molar-refractivity contribution in [1.29, 1.82) is 0 Å². The van der Waals surface area contributed by atoms with Gasteiger partial charge in [0, 0.05) is 12.4 Å². The predicted molar refractivity (Wildman–Crippen MR) is 69.1 cm³/mol. The van der Waals surface area contributed by atoms with Crippen molar-refractivity contribution in [1.82, 2.24) is 9.38 Å². The van der Waals surface area contributed by atoms with Gasteiger partial charge in [-0.15, -0.1) is 0 Å². The van der Waals surface area contributed by atoms with Crippen molar-refractivity contribution < 1.29 is 9.53 Å². The molecule has 0 unspecified atom stereocenters. The molecule has 0 saturated heterocycles. The van der Waals surface area contributed by atoms with E-state index in [9.17, 15) is 9.59 Å². The Kier molecular flexibility index (Phi) is 3.03. The van der Waals surface area contributed by atoms with E-state index < -0.39 is 5.97 Å². The van der Waals surface area contributed by atoms with Crippen molar-refractivity contribution in [2.45, 2.75) is 19.3 Å². The molecule has 1 fully saturated rings. The first-order valence-electron chi connectivity index (χ1n) is 6.39. The highest BCUT2D eigenvalue weighted by molar-refractivity contribution is 5.88. The number of ether oxygens (including phenoxy) is 1. The summed E-state index contributed by atoms with van der Waals surface area (Å²) in [5, 5.41) is 0. The quantitative estimate of drug-likeness (QED) is 0.785. The van der Waals surface area contributed by atoms with Gasteiger partial charge in [-0.1, -0.05) is 12.5 Å². The molecule has 0 bridgehead atoms. The maximum atomic E-state index is 12.1. The second kappa shape index (κ2) is 4.84. The second-order valence-electron chi connectivity index (χ2n) is 4.80. The van der Waals surface area contributed by atoms with Gasteiger partial charge in [0.2, 0.25) is 0 Å². The lowest BCUT2D eigenvalue weighted by Crippen LogP contribution is -2.26. The Morgan fingerprint density at radius 3 is 3.00 bits per heavy atom. The van der Waals surface area contributed by atoms with Gasteiger partial charge in [-0.25, -0.2) is 9.78 Å². The van der Waals surface area contributed by atoms with Crippen molar-refractivity contribution in [3.8, 4) is 0 Å². The third kappa shape index (κ3) is 2.23. The molecule has 0 aliphatic heterocycles. The first kappa shape index (κ1) is 11.9. The molecule has 1 aliphatic rings. The van der Waals surface area contributed by atoms with Crippen molar-refractivity contribution >= 4 is 11.6 Å². The van der Waals surface area contributed by atoms with Crippen molar-refractivity contribution in [2.75, 3.05) is 6.61 Å². The fraction of sp³-hybridized carbons (Fsp3) is 0.357. The summed E-state index contributed by atoms with van der Waals surface area (Å²) in [5.41, 5.74) is 0.121. The average molecular weight is 258 g/mol. The van der Waals surface area contributed by atoms with Gasteiger partial charge in [0.1, 0.15) is 11.2 Å². The number of fused-ring (bicyclic) bond motifs is 1. The Morgan fingerprint density at radius 1 is 1.42 bits per heavy atom. The number of hydrogen-bond acceptors (Lipinski definition) is 4. The summed E-state index contributed by atoms with van der Waals surface area (Å²) in [6.07, 6.45) is 6.28. The molecule has 5 heteroatoms. The van der Waals surface area contributed by atoms with Crippen LogP contribution in [-0.2, 0) is 4.74 Å². The van der Waals surface area contributed by atoms with E-state index in [0.717, 1.165) is 12.8 Å². The van der Waals surface area contributed by atoms with Crippen LogP contribution in [0, 0.1) is 5.92 Å². The predicted octanol–water partition coefficient (Wildman–Crippen LogP) is 1.65. The monoisotopic (exact) mass is 258 g/mol. The van der Waals surface area contributed by atoms with Crippen LogP contribution in [0.15, 0.2) is 35.4 Å². The number of carbonyl (C=O) groups excluding carboxylic acids is 1. The molecule has 0 aromatic carbocycles. The Labute approximate surface area is 109 Å². The molecule has 1 saturated carbocycles. The molecule has 0 atom stereocenters. The zero-order chi connectivity index (χ0) is 13.2. The summed E-state index contributed by atoms with van der Waals surface area (Å²) in [4.78, 5) is 28.1. The zero-order valence-corrected chi connectivity index (χ0v) is 10.4. The van der Waals surface area contributed by atoms with Gasteiger partial charge < -0.3 is 4.74 Å². The van der Waals surface area contributed by atoms with E-state index >= 15 is 0 Å². The Bertz CT molecular complexity index is 674. The molecule has 5 nitrogen and oxygen atoms in total. The van der Waals surface area contributed by atoms with E-state index in [2.05, 4.69) is 4.98 Å². The van der Waals surface area contributed by atoms with E-state index in [1.165, 1.54) is 17.0 Å². The summed E-state index contributed by atoms with van der Waals surface area (Å²) in [6, 6.07) is 5.22. The number of nitrogens with zero attached hydrogens (tertiary/aromatic N) is 2. The first-order valence-corrected chi connectivity index (χ1v) is 6.39. The molecule has 0 N–H and O–H groups in total. The van der Waals surface area contributed by atoms with Crippen LogP contribution >= 0.6 is 0 Å². The third-order valence-electron chi connectivity index (χ3n) is 3.51. The Morgan fingerprint density at radius 2 is 2.26 bits per heavy atom. The standard InChI is InChI=1S/C14H14N2O3/c17-13-11(14(18)19-9-10-4-3-5-10)8-15-12-6-1-2-7-16(12)13/h1-2,6-8,10H,3-5,9H2. The third-order valence-corrected chi connectivity index (χ3v) is 3.51. The molecule has 19 heavy (non-hydrogen) atoms. The fourth-order valence-corrected chi connectivity index (χ4v) is 2.10. The number of aromatic nitrogens is 2. The van der Waals surface area contributed by atoms with Gasteiger partial charge in [0.05, 0.1) is 6.61 Å². The van der Waals surface area contributed by atoms with Crippen LogP contribution < -0.4 is 5.56 Å². The molecule has 0 amide bonds. The van der Waals surface area contributed by atoms with Crippen molar-refractivity contribution in [3.05, 3.63) is 46.5 Å². The molecule has 98 valence electrons. The lowest BCUT2D eigenvalue weighted by molar-refractivity contribution is 0.0369. The van der Waals surface area contributed by atoms with E-state index in [0.29, 0.717) is 18.2 Å².